The monoisotopic (exact) mass is 251 g/mol. The fraction of sp³-hybridized carbons (Fsp3) is 0.308. The Kier molecular flexibility index (Phi) is 3.62. The van der Waals surface area contributed by atoms with Crippen molar-refractivity contribution < 1.29 is 0 Å². The molecule has 1 aromatic carbocycles. The molecule has 3 heteroatoms. The van der Waals surface area contributed by atoms with E-state index in [9.17, 15) is 0 Å². The van der Waals surface area contributed by atoms with Crippen LogP contribution in [0.4, 0.5) is 0 Å². The van der Waals surface area contributed by atoms with Crippen molar-refractivity contribution in [2.24, 2.45) is 5.92 Å². The van der Waals surface area contributed by atoms with Crippen LogP contribution in [0.15, 0.2) is 29.8 Å². The molecular formula is C13H14ClNS. The second-order valence-electron chi connectivity index (χ2n) is 4.21. The molecule has 0 spiro atoms. The molecule has 1 heterocycles. The quantitative estimate of drug-likeness (QED) is 0.773. The Bertz CT molecular complexity index is 463. The van der Waals surface area contributed by atoms with Gasteiger partial charge in [-0.15, -0.1) is 11.3 Å². The molecule has 2 aromatic rings. The molecule has 0 unspecified atom stereocenters. The van der Waals surface area contributed by atoms with Crippen LogP contribution in [0.3, 0.4) is 0 Å². The fourth-order valence-electron chi connectivity index (χ4n) is 1.70. The Morgan fingerprint density at radius 1 is 1.38 bits per heavy atom. The maximum Gasteiger partial charge on any atom is 0.124 e. The van der Waals surface area contributed by atoms with Crippen LogP contribution >= 0.6 is 22.9 Å². The third-order valence-electron chi connectivity index (χ3n) is 2.37. The highest BCUT2D eigenvalue weighted by molar-refractivity contribution is 7.13. The third-order valence-corrected chi connectivity index (χ3v) is 3.62. The van der Waals surface area contributed by atoms with E-state index in [1.807, 2.05) is 17.6 Å². The smallest absolute Gasteiger partial charge is 0.124 e. The van der Waals surface area contributed by atoms with Crippen LogP contribution in [0, 0.1) is 5.92 Å². The van der Waals surface area contributed by atoms with Crippen molar-refractivity contribution in [1.82, 2.24) is 4.98 Å². The minimum absolute atomic E-state index is 0.615. The van der Waals surface area contributed by atoms with Crippen molar-refractivity contribution >= 4 is 22.9 Å². The molecule has 0 N–H and O–H groups in total. The van der Waals surface area contributed by atoms with Crippen molar-refractivity contribution in [3.63, 3.8) is 0 Å². The van der Waals surface area contributed by atoms with Crippen molar-refractivity contribution in [3.05, 3.63) is 40.4 Å². The molecule has 1 aromatic heterocycles. The molecule has 0 atom stereocenters. The van der Waals surface area contributed by atoms with Crippen LogP contribution in [0.5, 0.6) is 0 Å². The molecule has 0 fully saturated rings. The van der Waals surface area contributed by atoms with Gasteiger partial charge in [-0.2, -0.15) is 0 Å². The van der Waals surface area contributed by atoms with Crippen molar-refractivity contribution in [2.75, 3.05) is 0 Å². The summed E-state index contributed by atoms with van der Waals surface area (Å²) in [6.07, 6.45) is 2.82. The van der Waals surface area contributed by atoms with Gasteiger partial charge in [0, 0.05) is 17.1 Å². The molecule has 84 valence electrons. The van der Waals surface area contributed by atoms with Gasteiger partial charge in [-0.25, -0.2) is 4.98 Å². The second kappa shape index (κ2) is 4.98. The number of rotatable bonds is 3. The summed E-state index contributed by atoms with van der Waals surface area (Å²) in [5, 5.41) is 3.82. The Labute approximate surface area is 105 Å². The topological polar surface area (TPSA) is 12.9 Å². The number of halogens is 1. The lowest BCUT2D eigenvalue weighted by Crippen LogP contribution is -1.95. The Balaban J connectivity index is 2.41. The lowest BCUT2D eigenvalue weighted by atomic mass is 10.0. The molecule has 16 heavy (non-hydrogen) atoms. The van der Waals surface area contributed by atoms with E-state index in [2.05, 4.69) is 31.0 Å². The van der Waals surface area contributed by atoms with Gasteiger partial charge in [-0.3, -0.25) is 0 Å². The SMILES string of the molecule is CC(C)Cc1cccc(-c2nccs2)c1Cl. The fourth-order valence-corrected chi connectivity index (χ4v) is 2.72. The predicted octanol–water partition coefficient (Wildman–Crippen LogP) is 4.66. The van der Waals surface area contributed by atoms with Crippen LogP contribution in [-0.4, -0.2) is 4.98 Å². The molecule has 0 aliphatic rings. The zero-order chi connectivity index (χ0) is 11.5. The van der Waals surface area contributed by atoms with E-state index >= 15 is 0 Å². The first-order valence-electron chi connectivity index (χ1n) is 5.35. The van der Waals surface area contributed by atoms with Crippen LogP contribution < -0.4 is 0 Å². The minimum atomic E-state index is 0.615. The summed E-state index contributed by atoms with van der Waals surface area (Å²) in [4.78, 5) is 4.30. The van der Waals surface area contributed by atoms with Crippen molar-refractivity contribution in [3.8, 4) is 10.6 Å². The van der Waals surface area contributed by atoms with Crippen LogP contribution in [0.2, 0.25) is 5.02 Å². The molecule has 2 rings (SSSR count). The number of benzene rings is 1. The highest BCUT2D eigenvalue weighted by atomic mass is 35.5. The zero-order valence-electron chi connectivity index (χ0n) is 9.40. The number of aromatic nitrogens is 1. The Morgan fingerprint density at radius 3 is 2.81 bits per heavy atom. The first-order chi connectivity index (χ1) is 7.68. The Hall–Kier alpha value is -0.860. The molecule has 0 aliphatic heterocycles. The molecule has 0 saturated carbocycles. The molecule has 1 nitrogen and oxygen atoms in total. The molecule has 0 bridgehead atoms. The molecule has 0 saturated heterocycles. The normalized spacial score (nSPS) is 11.0. The van der Waals surface area contributed by atoms with Crippen molar-refractivity contribution in [2.45, 2.75) is 20.3 Å². The standard InChI is InChI=1S/C13H14ClNS/c1-9(2)8-10-4-3-5-11(12(10)14)13-15-6-7-16-13/h3-7,9H,8H2,1-2H3. The maximum atomic E-state index is 6.41. The van der Waals surface area contributed by atoms with Gasteiger partial charge in [0.1, 0.15) is 5.01 Å². The van der Waals surface area contributed by atoms with Gasteiger partial charge in [0.05, 0.1) is 5.02 Å². The minimum Gasteiger partial charge on any atom is -0.244 e. The lowest BCUT2D eigenvalue weighted by molar-refractivity contribution is 0.647. The summed E-state index contributed by atoms with van der Waals surface area (Å²) < 4.78 is 0. The number of nitrogens with zero attached hydrogens (tertiary/aromatic N) is 1. The van der Waals surface area contributed by atoms with E-state index in [-0.39, 0.29) is 0 Å². The number of thiazole rings is 1. The summed E-state index contributed by atoms with van der Waals surface area (Å²) >= 11 is 8.03. The van der Waals surface area contributed by atoms with Gasteiger partial charge in [0.2, 0.25) is 0 Å². The van der Waals surface area contributed by atoms with Crippen molar-refractivity contribution in [1.29, 1.82) is 0 Å². The van der Waals surface area contributed by atoms with Gasteiger partial charge in [-0.05, 0) is 17.9 Å². The van der Waals surface area contributed by atoms with Crippen LogP contribution in [0.1, 0.15) is 19.4 Å². The first kappa shape index (κ1) is 11.6. The molecule has 0 radical (unpaired) electrons. The second-order valence-corrected chi connectivity index (χ2v) is 5.49. The van der Waals surface area contributed by atoms with Crippen LogP contribution in [-0.2, 0) is 6.42 Å². The maximum absolute atomic E-state index is 6.41. The van der Waals surface area contributed by atoms with E-state index in [0.717, 1.165) is 22.0 Å². The van der Waals surface area contributed by atoms with Gasteiger partial charge < -0.3 is 0 Å². The third kappa shape index (κ3) is 2.45. The molecular weight excluding hydrogens is 238 g/mol. The number of hydrogen-bond donors (Lipinski definition) is 0. The highest BCUT2D eigenvalue weighted by Gasteiger charge is 2.10. The summed E-state index contributed by atoms with van der Waals surface area (Å²) in [5.74, 6) is 0.615. The van der Waals surface area contributed by atoms with Crippen LogP contribution in [0.25, 0.3) is 10.6 Å². The highest BCUT2D eigenvalue weighted by Crippen LogP contribution is 2.32. The van der Waals surface area contributed by atoms with Gasteiger partial charge >= 0.3 is 0 Å². The molecule has 0 aliphatic carbocycles. The van der Waals surface area contributed by atoms with Gasteiger partial charge in [0.25, 0.3) is 0 Å². The Morgan fingerprint density at radius 2 is 2.19 bits per heavy atom. The lowest BCUT2D eigenvalue weighted by Gasteiger charge is -2.09. The summed E-state index contributed by atoms with van der Waals surface area (Å²) in [7, 11) is 0. The van der Waals surface area contributed by atoms with Gasteiger partial charge in [0.15, 0.2) is 0 Å². The first-order valence-corrected chi connectivity index (χ1v) is 6.61. The van der Waals surface area contributed by atoms with Gasteiger partial charge in [-0.1, -0.05) is 43.6 Å². The van der Waals surface area contributed by atoms with E-state index in [0.29, 0.717) is 5.92 Å². The van der Waals surface area contributed by atoms with E-state index in [1.54, 1.807) is 11.3 Å². The number of hydrogen-bond acceptors (Lipinski definition) is 2. The summed E-state index contributed by atoms with van der Waals surface area (Å²) in [6.45, 7) is 4.40. The average molecular weight is 252 g/mol. The summed E-state index contributed by atoms with van der Waals surface area (Å²) in [5.41, 5.74) is 2.26. The van der Waals surface area contributed by atoms with E-state index in [4.69, 9.17) is 11.6 Å². The largest absolute Gasteiger partial charge is 0.244 e. The summed E-state index contributed by atoms with van der Waals surface area (Å²) in [6, 6.07) is 6.19. The average Bonchev–Trinajstić information content (AvgIpc) is 2.73. The zero-order valence-corrected chi connectivity index (χ0v) is 11.0. The van der Waals surface area contributed by atoms with E-state index < -0.39 is 0 Å². The predicted molar refractivity (Wildman–Crippen MR) is 71.1 cm³/mol. The molecule has 0 amide bonds. The van der Waals surface area contributed by atoms with E-state index in [1.165, 1.54) is 5.56 Å².